The SMILES string of the molecule is O=C(CCc1c[nH]c2ccccc12)OC(c1cccc2ccccc12)c1cccc2ccccc12. The molecule has 0 spiro atoms. The minimum atomic E-state index is -0.498. The van der Waals surface area contributed by atoms with Crippen LogP contribution in [0.25, 0.3) is 32.4 Å². The summed E-state index contributed by atoms with van der Waals surface area (Å²) in [7, 11) is 0. The normalized spacial score (nSPS) is 11.5. The summed E-state index contributed by atoms with van der Waals surface area (Å²) in [5.74, 6) is -0.207. The van der Waals surface area contributed by atoms with E-state index in [1.54, 1.807) is 0 Å². The van der Waals surface area contributed by atoms with Crippen molar-refractivity contribution >= 4 is 38.4 Å². The van der Waals surface area contributed by atoms with E-state index in [1.165, 1.54) is 0 Å². The fourth-order valence-corrected chi connectivity index (χ4v) is 5.02. The van der Waals surface area contributed by atoms with Gasteiger partial charge in [-0.25, -0.2) is 0 Å². The molecule has 6 rings (SSSR count). The molecule has 0 atom stereocenters. The van der Waals surface area contributed by atoms with Gasteiger partial charge in [-0.1, -0.05) is 103 Å². The first-order valence-corrected chi connectivity index (χ1v) is 12.0. The molecule has 0 bridgehead atoms. The number of hydrogen-bond donors (Lipinski definition) is 1. The van der Waals surface area contributed by atoms with E-state index in [9.17, 15) is 4.79 Å². The van der Waals surface area contributed by atoms with E-state index < -0.39 is 6.10 Å². The zero-order valence-electron chi connectivity index (χ0n) is 19.3. The molecule has 0 saturated carbocycles. The third-order valence-electron chi connectivity index (χ3n) is 6.73. The van der Waals surface area contributed by atoms with Gasteiger partial charge in [0, 0.05) is 34.6 Å². The lowest BCUT2D eigenvalue weighted by Crippen LogP contribution is -2.14. The highest BCUT2D eigenvalue weighted by molar-refractivity contribution is 5.90. The van der Waals surface area contributed by atoms with Crippen LogP contribution < -0.4 is 0 Å². The Kier molecular flexibility index (Phi) is 5.51. The second-order valence-corrected chi connectivity index (χ2v) is 8.87. The third-order valence-corrected chi connectivity index (χ3v) is 6.73. The zero-order chi connectivity index (χ0) is 23.6. The minimum absolute atomic E-state index is 0.207. The molecule has 3 nitrogen and oxygen atoms in total. The Bertz CT molecular complexity index is 1570. The van der Waals surface area contributed by atoms with Crippen molar-refractivity contribution in [3.8, 4) is 0 Å². The van der Waals surface area contributed by atoms with E-state index in [-0.39, 0.29) is 5.97 Å². The number of benzene rings is 5. The number of fused-ring (bicyclic) bond motifs is 3. The number of hydrogen-bond acceptors (Lipinski definition) is 2. The summed E-state index contributed by atoms with van der Waals surface area (Å²) >= 11 is 0. The van der Waals surface area contributed by atoms with Crippen LogP contribution in [0.5, 0.6) is 0 Å². The Morgan fingerprint density at radius 1 is 0.657 bits per heavy atom. The summed E-state index contributed by atoms with van der Waals surface area (Å²) in [6.07, 6.45) is 2.43. The quantitative estimate of drug-likeness (QED) is 0.261. The highest BCUT2D eigenvalue weighted by atomic mass is 16.5. The predicted octanol–water partition coefficient (Wildman–Crippen LogP) is 7.74. The molecular weight excluding hydrogens is 430 g/mol. The van der Waals surface area contributed by atoms with Gasteiger partial charge in [0.1, 0.15) is 0 Å². The van der Waals surface area contributed by atoms with Gasteiger partial charge < -0.3 is 9.72 Å². The number of para-hydroxylation sites is 1. The van der Waals surface area contributed by atoms with E-state index in [0.717, 1.165) is 49.1 Å². The molecule has 0 aliphatic rings. The largest absolute Gasteiger partial charge is 0.452 e. The molecule has 1 aromatic heterocycles. The van der Waals surface area contributed by atoms with Gasteiger partial charge >= 0.3 is 5.97 Å². The number of carbonyl (C=O) groups excluding carboxylic acids is 1. The van der Waals surface area contributed by atoms with Crippen molar-refractivity contribution in [2.24, 2.45) is 0 Å². The number of aromatic nitrogens is 1. The minimum Gasteiger partial charge on any atom is -0.452 e. The van der Waals surface area contributed by atoms with E-state index in [1.807, 2.05) is 60.8 Å². The number of H-pyrrole nitrogens is 1. The number of aryl methyl sites for hydroxylation is 1. The van der Waals surface area contributed by atoms with Gasteiger partial charge in [-0.2, -0.15) is 0 Å². The third kappa shape index (κ3) is 4.06. The Balaban J connectivity index is 1.37. The van der Waals surface area contributed by atoms with Crippen LogP contribution in [-0.2, 0) is 16.0 Å². The van der Waals surface area contributed by atoms with Gasteiger partial charge in [0.25, 0.3) is 0 Å². The first kappa shape index (κ1) is 21.2. The van der Waals surface area contributed by atoms with Crippen LogP contribution in [0.15, 0.2) is 115 Å². The van der Waals surface area contributed by atoms with Gasteiger partial charge in [-0.3, -0.25) is 4.79 Å². The number of esters is 1. The Hall–Kier alpha value is -4.37. The lowest BCUT2D eigenvalue weighted by atomic mass is 9.92. The molecule has 6 aromatic rings. The molecule has 1 heterocycles. The van der Waals surface area contributed by atoms with Crippen LogP contribution in [0.1, 0.15) is 29.2 Å². The molecule has 0 aliphatic carbocycles. The van der Waals surface area contributed by atoms with Crippen LogP contribution >= 0.6 is 0 Å². The molecule has 0 fully saturated rings. The summed E-state index contributed by atoms with van der Waals surface area (Å²) in [5.41, 5.74) is 4.21. The highest BCUT2D eigenvalue weighted by Gasteiger charge is 2.23. The van der Waals surface area contributed by atoms with Crippen molar-refractivity contribution in [1.82, 2.24) is 4.98 Å². The molecule has 0 saturated heterocycles. The fraction of sp³-hybridized carbons (Fsp3) is 0.0938. The topological polar surface area (TPSA) is 42.1 Å². The maximum atomic E-state index is 13.3. The maximum absolute atomic E-state index is 13.3. The smallest absolute Gasteiger partial charge is 0.307 e. The second-order valence-electron chi connectivity index (χ2n) is 8.87. The summed E-state index contributed by atoms with van der Waals surface area (Å²) in [6.45, 7) is 0. The Morgan fingerprint density at radius 3 is 1.86 bits per heavy atom. The predicted molar refractivity (Wildman–Crippen MR) is 142 cm³/mol. The van der Waals surface area contributed by atoms with Gasteiger partial charge in [-0.05, 0) is 39.6 Å². The Morgan fingerprint density at radius 2 is 1.20 bits per heavy atom. The molecule has 5 aromatic carbocycles. The molecule has 0 unspecified atom stereocenters. The van der Waals surface area contributed by atoms with Crippen molar-refractivity contribution in [3.63, 3.8) is 0 Å². The van der Waals surface area contributed by atoms with Crippen molar-refractivity contribution < 1.29 is 9.53 Å². The monoisotopic (exact) mass is 455 g/mol. The van der Waals surface area contributed by atoms with Crippen molar-refractivity contribution in [2.45, 2.75) is 18.9 Å². The fourth-order valence-electron chi connectivity index (χ4n) is 5.02. The first-order valence-electron chi connectivity index (χ1n) is 12.0. The van der Waals surface area contributed by atoms with Crippen LogP contribution in [0, 0.1) is 0 Å². The van der Waals surface area contributed by atoms with Crippen LogP contribution in [0.4, 0.5) is 0 Å². The van der Waals surface area contributed by atoms with Crippen molar-refractivity contribution in [3.05, 3.63) is 132 Å². The maximum Gasteiger partial charge on any atom is 0.307 e. The molecular formula is C32H25NO2. The number of ether oxygens (including phenoxy) is 1. The summed E-state index contributed by atoms with van der Waals surface area (Å²) in [5, 5.41) is 5.60. The molecule has 1 N–H and O–H groups in total. The number of aromatic amines is 1. The average Bonchev–Trinajstić information content (AvgIpc) is 3.33. The molecule has 3 heteroatoms. The Labute approximate surface area is 204 Å². The van der Waals surface area contributed by atoms with E-state index in [2.05, 4.69) is 59.6 Å². The lowest BCUT2D eigenvalue weighted by Gasteiger charge is -2.22. The number of nitrogens with one attached hydrogen (secondary N) is 1. The summed E-state index contributed by atoms with van der Waals surface area (Å²) in [6, 6.07) is 37.1. The van der Waals surface area contributed by atoms with Gasteiger partial charge in [0.15, 0.2) is 6.10 Å². The molecule has 0 aliphatic heterocycles. The summed E-state index contributed by atoms with van der Waals surface area (Å²) < 4.78 is 6.30. The van der Waals surface area contributed by atoms with Gasteiger partial charge in [0.05, 0.1) is 0 Å². The van der Waals surface area contributed by atoms with E-state index >= 15 is 0 Å². The lowest BCUT2D eigenvalue weighted by molar-refractivity contribution is -0.147. The zero-order valence-corrected chi connectivity index (χ0v) is 19.3. The van der Waals surface area contributed by atoms with Crippen LogP contribution in [0.2, 0.25) is 0 Å². The van der Waals surface area contributed by atoms with Crippen LogP contribution in [-0.4, -0.2) is 11.0 Å². The highest BCUT2D eigenvalue weighted by Crippen LogP contribution is 2.36. The molecule has 0 amide bonds. The number of rotatable bonds is 6. The summed E-state index contributed by atoms with van der Waals surface area (Å²) in [4.78, 5) is 16.6. The molecule has 0 radical (unpaired) electrons. The van der Waals surface area contributed by atoms with Crippen molar-refractivity contribution in [2.75, 3.05) is 0 Å². The van der Waals surface area contributed by atoms with E-state index in [4.69, 9.17) is 4.74 Å². The standard InChI is InChI=1S/C32H25NO2/c34-31(20-19-24-21-33-30-18-6-5-15-27(24)30)35-32(28-16-7-11-22-9-1-3-13-25(22)28)29-17-8-12-23-10-2-4-14-26(23)29/h1-18,21,32-33H,19-20H2. The van der Waals surface area contributed by atoms with Gasteiger partial charge in [0.2, 0.25) is 0 Å². The van der Waals surface area contributed by atoms with Crippen molar-refractivity contribution in [1.29, 1.82) is 0 Å². The van der Waals surface area contributed by atoms with Gasteiger partial charge in [-0.15, -0.1) is 0 Å². The second kappa shape index (κ2) is 9.11. The molecule has 170 valence electrons. The first-order chi connectivity index (χ1) is 17.3. The molecule has 35 heavy (non-hydrogen) atoms. The average molecular weight is 456 g/mol. The number of carbonyl (C=O) groups is 1. The van der Waals surface area contributed by atoms with Crippen LogP contribution in [0.3, 0.4) is 0 Å². The van der Waals surface area contributed by atoms with E-state index in [0.29, 0.717) is 12.8 Å².